The second-order valence-electron chi connectivity index (χ2n) is 8.17. The average molecular weight is 430 g/mol. The summed E-state index contributed by atoms with van der Waals surface area (Å²) in [5.74, 6) is 2.12. The fourth-order valence-corrected chi connectivity index (χ4v) is 4.48. The summed E-state index contributed by atoms with van der Waals surface area (Å²) >= 11 is 5.76. The number of benzene rings is 1. The highest BCUT2D eigenvalue weighted by Gasteiger charge is 2.25. The molecule has 2 aromatic rings. The number of carbonyl (C=O) groups is 1. The summed E-state index contributed by atoms with van der Waals surface area (Å²) in [4.78, 5) is 22.5. The number of aromatic nitrogens is 2. The Kier molecular flexibility index (Phi) is 6.72. The Morgan fingerprint density at radius 1 is 1.10 bits per heavy atom. The van der Waals surface area contributed by atoms with Gasteiger partial charge in [-0.05, 0) is 68.6 Å². The number of halogens is 1. The molecular weight excluding hydrogens is 402 g/mol. The number of piperidine rings is 1. The molecule has 1 aliphatic carbocycles. The Bertz CT molecular complexity index is 860. The van der Waals surface area contributed by atoms with E-state index in [9.17, 15) is 4.79 Å². The fraction of sp³-hybridized carbons (Fsp3) is 0.522. The van der Waals surface area contributed by atoms with E-state index in [1.165, 1.54) is 30.8 Å². The molecule has 160 valence electrons. The zero-order valence-corrected chi connectivity index (χ0v) is 18.1. The largest absolute Gasteiger partial charge is 0.493 e. The van der Waals surface area contributed by atoms with Crippen molar-refractivity contribution in [1.29, 1.82) is 0 Å². The van der Waals surface area contributed by atoms with Crippen LogP contribution in [0.5, 0.6) is 11.5 Å². The van der Waals surface area contributed by atoms with Gasteiger partial charge in [0.1, 0.15) is 10.8 Å². The molecule has 4 rings (SSSR count). The van der Waals surface area contributed by atoms with Gasteiger partial charge < -0.3 is 14.4 Å². The van der Waals surface area contributed by atoms with Gasteiger partial charge in [0.05, 0.1) is 25.6 Å². The van der Waals surface area contributed by atoms with Crippen LogP contribution in [0.15, 0.2) is 30.6 Å². The van der Waals surface area contributed by atoms with Crippen molar-refractivity contribution in [1.82, 2.24) is 14.9 Å². The lowest BCUT2D eigenvalue weighted by atomic mass is 9.90. The lowest BCUT2D eigenvalue weighted by Crippen LogP contribution is -2.39. The molecule has 0 unspecified atom stereocenters. The second kappa shape index (κ2) is 9.65. The van der Waals surface area contributed by atoms with Crippen LogP contribution in [0.25, 0.3) is 0 Å². The number of rotatable bonds is 6. The SMILES string of the molecule is COc1ccc(CC2CCN(C(=O)c3cnc(Cl)cn3)CC2)cc1OC1CCCC1. The van der Waals surface area contributed by atoms with Crippen molar-refractivity contribution < 1.29 is 14.3 Å². The molecular formula is C23H28ClN3O3. The van der Waals surface area contributed by atoms with Crippen LogP contribution in [0.4, 0.5) is 0 Å². The molecule has 1 aromatic carbocycles. The van der Waals surface area contributed by atoms with E-state index in [4.69, 9.17) is 21.1 Å². The van der Waals surface area contributed by atoms with Crippen LogP contribution in [0.1, 0.15) is 54.6 Å². The standard InChI is InChI=1S/C23H28ClN3O3/c1-29-20-7-6-17(13-21(20)30-18-4-2-3-5-18)12-16-8-10-27(11-9-16)23(28)19-14-26-22(24)15-25-19/h6-7,13-16,18H,2-5,8-12H2,1H3. The van der Waals surface area contributed by atoms with Gasteiger partial charge in [-0.25, -0.2) is 9.97 Å². The van der Waals surface area contributed by atoms with Gasteiger partial charge in [-0.2, -0.15) is 0 Å². The molecule has 1 aromatic heterocycles. The molecule has 0 N–H and O–H groups in total. The van der Waals surface area contributed by atoms with Crippen molar-refractivity contribution in [3.05, 3.63) is 47.0 Å². The van der Waals surface area contributed by atoms with Crippen molar-refractivity contribution in [3.8, 4) is 11.5 Å². The van der Waals surface area contributed by atoms with Crippen LogP contribution >= 0.6 is 11.6 Å². The van der Waals surface area contributed by atoms with E-state index in [-0.39, 0.29) is 5.91 Å². The predicted octanol–water partition coefficient (Wildman–Crippen LogP) is 4.55. The molecule has 0 radical (unpaired) electrons. The van der Waals surface area contributed by atoms with Gasteiger partial charge >= 0.3 is 0 Å². The smallest absolute Gasteiger partial charge is 0.274 e. The molecule has 0 atom stereocenters. The lowest BCUT2D eigenvalue weighted by molar-refractivity contribution is 0.0684. The number of ether oxygens (including phenoxy) is 2. The molecule has 30 heavy (non-hydrogen) atoms. The summed E-state index contributed by atoms with van der Waals surface area (Å²) in [6.45, 7) is 1.46. The van der Waals surface area contributed by atoms with Gasteiger partial charge in [-0.15, -0.1) is 0 Å². The third-order valence-electron chi connectivity index (χ3n) is 6.09. The molecule has 7 heteroatoms. The first-order chi connectivity index (χ1) is 14.6. The summed E-state index contributed by atoms with van der Waals surface area (Å²) in [6.07, 6.45) is 10.8. The number of hydrogen-bond acceptors (Lipinski definition) is 5. The molecule has 1 amide bonds. The van der Waals surface area contributed by atoms with E-state index in [1.807, 2.05) is 11.0 Å². The molecule has 2 heterocycles. The van der Waals surface area contributed by atoms with Crippen LogP contribution in [0, 0.1) is 5.92 Å². The quantitative estimate of drug-likeness (QED) is 0.673. The summed E-state index contributed by atoms with van der Waals surface area (Å²) in [6, 6.07) is 6.27. The van der Waals surface area contributed by atoms with Crippen molar-refractivity contribution in [2.75, 3.05) is 20.2 Å². The van der Waals surface area contributed by atoms with E-state index in [1.54, 1.807) is 7.11 Å². The molecule has 1 aliphatic heterocycles. The zero-order valence-electron chi connectivity index (χ0n) is 17.3. The minimum Gasteiger partial charge on any atom is -0.493 e. The highest BCUT2D eigenvalue weighted by atomic mass is 35.5. The van der Waals surface area contributed by atoms with Crippen molar-refractivity contribution in [3.63, 3.8) is 0 Å². The van der Waals surface area contributed by atoms with Crippen molar-refractivity contribution in [2.45, 2.75) is 51.0 Å². The summed E-state index contributed by atoms with van der Waals surface area (Å²) < 4.78 is 11.7. The summed E-state index contributed by atoms with van der Waals surface area (Å²) in [5.41, 5.74) is 1.61. The fourth-order valence-electron chi connectivity index (χ4n) is 4.38. The van der Waals surface area contributed by atoms with Crippen LogP contribution < -0.4 is 9.47 Å². The van der Waals surface area contributed by atoms with Gasteiger partial charge in [0.2, 0.25) is 0 Å². The number of amides is 1. The van der Waals surface area contributed by atoms with Gasteiger partial charge in [0.25, 0.3) is 5.91 Å². The maximum atomic E-state index is 12.6. The molecule has 2 aliphatic rings. The zero-order chi connectivity index (χ0) is 20.9. The molecule has 6 nitrogen and oxygen atoms in total. The Balaban J connectivity index is 1.34. The van der Waals surface area contributed by atoms with Crippen molar-refractivity contribution in [2.24, 2.45) is 5.92 Å². The first-order valence-electron chi connectivity index (χ1n) is 10.7. The van der Waals surface area contributed by atoms with E-state index in [0.29, 0.717) is 22.9 Å². The maximum Gasteiger partial charge on any atom is 0.274 e. The van der Waals surface area contributed by atoms with Crippen molar-refractivity contribution >= 4 is 17.5 Å². The minimum absolute atomic E-state index is 0.0747. The van der Waals surface area contributed by atoms with Crippen LogP contribution in [-0.2, 0) is 6.42 Å². The number of likely N-dealkylation sites (tertiary alicyclic amines) is 1. The lowest BCUT2D eigenvalue weighted by Gasteiger charge is -2.32. The Morgan fingerprint density at radius 3 is 2.53 bits per heavy atom. The number of carbonyl (C=O) groups excluding carboxylic acids is 1. The maximum absolute atomic E-state index is 12.6. The number of methoxy groups -OCH3 is 1. The highest BCUT2D eigenvalue weighted by molar-refractivity contribution is 6.29. The third-order valence-corrected chi connectivity index (χ3v) is 6.28. The minimum atomic E-state index is -0.0747. The molecule has 1 saturated carbocycles. The normalized spacial score (nSPS) is 17.9. The summed E-state index contributed by atoms with van der Waals surface area (Å²) in [7, 11) is 1.69. The Labute approximate surface area is 182 Å². The third kappa shape index (κ3) is 5.04. The highest BCUT2D eigenvalue weighted by Crippen LogP contribution is 2.34. The molecule has 2 fully saturated rings. The van der Waals surface area contributed by atoms with E-state index in [0.717, 1.165) is 56.7 Å². The van der Waals surface area contributed by atoms with Gasteiger partial charge in [0.15, 0.2) is 11.5 Å². The average Bonchev–Trinajstić information content (AvgIpc) is 3.28. The Morgan fingerprint density at radius 2 is 1.87 bits per heavy atom. The number of hydrogen-bond donors (Lipinski definition) is 0. The molecule has 1 saturated heterocycles. The predicted molar refractivity (Wildman–Crippen MR) is 115 cm³/mol. The van der Waals surface area contributed by atoms with E-state index < -0.39 is 0 Å². The van der Waals surface area contributed by atoms with Crippen LogP contribution in [-0.4, -0.2) is 47.1 Å². The second-order valence-corrected chi connectivity index (χ2v) is 8.56. The molecule has 0 bridgehead atoms. The first-order valence-corrected chi connectivity index (χ1v) is 11.1. The van der Waals surface area contributed by atoms with Gasteiger partial charge in [-0.1, -0.05) is 17.7 Å². The summed E-state index contributed by atoms with van der Waals surface area (Å²) in [5, 5.41) is 0.293. The topological polar surface area (TPSA) is 64.5 Å². The monoisotopic (exact) mass is 429 g/mol. The van der Waals surface area contributed by atoms with E-state index >= 15 is 0 Å². The Hall–Kier alpha value is -2.34. The van der Waals surface area contributed by atoms with Crippen LogP contribution in [0.3, 0.4) is 0 Å². The van der Waals surface area contributed by atoms with Gasteiger partial charge in [-0.3, -0.25) is 4.79 Å². The first kappa shape index (κ1) is 20.9. The van der Waals surface area contributed by atoms with Gasteiger partial charge in [0, 0.05) is 13.1 Å². The van der Waals surface area contributed by atoms with E-state index in [2.05, 4.69) is 22.1 Å². The number of nitrogens with zero attached hydrogens (tertiary/aromatic N) is 3. The van der Waals surface area contributed by atoms with Crippen LogP contribution in [0.2, 0.25) is 5.15 Å². The molecule has 0 spiro atoms.